The molecule has 25 heavy (non-hydrogen) atoms. The lowest BCUT2D eigenvalue weighted by Crippen LogP contribution is -2.43. The van der Waals surface area contributed by atoms with E-state index in [2.05, 4.69) is 5.10 Å². The fourth-order valence-electron chi connectivity index (χ4n) is 2.87. The minimum absolute atomic E-state index is 0.180. The van der Waals surface area contributed by atoms with Crippen LogP contribution in [0.3, 0.4) is 0 Å². The maximum Gasteiger partial charge on any atom is 0.331 e. The van der Waals surface area contributed by atoms with Crippen molar-refractivity contribution in [1.82, 2.24) is 14.7 Å². The minimum Gasteiger partial charge on any atom is -0.452 e. The van der Waals surface area contributed by atoms with E-state index in [0.29, 0.717) is 25.9 Å². The lowest BCUT2D eigenvalue weighted by Gasteiger charge is -2.30. The number of nitrogens with zero attached hydrogens (tertiary/aromatic N) is 3. The van der Waals surface area contributed by atoms with E-state index in [0.717, 1.165) is 17.0 Å². The van der Waals surface area contributed by atoms with Gasteiger partial charge in [0, 0.05) is 43.4 Å². The SMILES string of the molecule is Cc1nn(C)c(C)c1/C=C/C(=O)OCC(=O)N1CCC(C(N)=O)CC1. The van der Waals surface area contributed by atoms with Crippen molar-refractivity contribution >= 4 is 23.9 Å². The molecule has 8 heteroatoms. The number of hydrogen-bond acceptors (Lipinski definition) is 5. The second-order valence-electron chi connectivity index (χ2n) is 6.21. The molecule has 0 bridgehead atoms. The molecule has 0 aromatic carbocycles. The van der Waals surface area contributed by atoms with Gasteiger partial charge in [-0.25, -0.2) is 4.79 Å². The van der Waals surface area contributed by atoms with Crippen molar-refractivity contribution in [3.63, 3.8) is 0 Å². The van der Waals surface area contributed by atoms with Gasteiger partial charge in [0.2, 0.25) is 5.91 Å². The number of carbonyl (C=O) groups excluding carboxylic acids is 3. The fraction of sp³-hybridized carbons (Fsp3) is 0.529. The largest absolute Gasteiger partial charge is 0.452 e. The average molecular weight is 348 g/mol. The van der Waals surface area contributed by atoms with Crippen LogP contribution in [0.25, 0.3) is 6.08 Å². The normalized spacial score (nSPS) is 15.6. The highest BCUT2D eigenvalue weighted by atomic mass is 16.5. The van der Waals surface area contributed by atoms with Gasteiger partial charge in [-0.15, -0.1) is 0 Å². The first kappa shape index (κ1) is 18.7. The Morgan fingerprint density at radius 1 is 1.28 bits per heavy atom. The van der Waals surface area contributed by atoms with Crippen LogP contribution in [-0.4, -0.2) is 52.2 Å². The van der Waals surface area contributed by atoms with E-state index in [-0.39, 0.29) is 24.3 Å². The number of ether oxygens (including phenoxy) is 1. The topological polar surface area (TPSA) is 108 Å². The molecule has 0 spiro atoms. The number of aryl methyl sites for hydroxylation is 2. The molecule has 0 radical (unpaired) electrons. The summed E-state index contributed by atoms with van der Waals surface area (Å²) in [6.07, 6.45) is 4.04. The summed E-state index contributed by atoms with van der Waals surface area (Å²) >= 11 is 0. The standard InChI is InChI=1S/C17H24N4O4/c1-11-14(12(2)20(3)19-11)4-5-16(23)25-10-15(22)21-8-6-13(7-9-21)17(18)24/h4-5,13H,6-10H2,1-3H3,(H2,18,24)/b5-4+. The summed E-state index contributed by atoms with van der Waals surface area (Å²) < 4.78 is 6.74. The summed E-state index contributed by atoms with van der Waals surface area (Å²) in [4.78, 5) is 36.6. The number of likely N-dealkylation sites (tertiary alicyclic amines) is 1. The Bertz CT molecular complexity index is 700. The third kappa shape index (κ3) is 4.68. The number of primary amides is 1. The van der Waals surface area contributed by atoms with Gasteiger partial charge in [-0.1, -0.05) is 0 Å². The van der Waals surface area contributed by atoms with Gasteiger partial charge < -0.3 is 15.4 Å². The van der Waals surface area contributed by atoms with Crippen LogP contribution in [-0.2, 0) is 26.2 Å². The minimum atomic E-state index is -0.581. The second kappa shape index (κ2) is 7.96. The van der Waals surface area contributed by atoms with Crippen molar-refractivity contribution in [2.45, 2.75) is 26.7 Å². The summed E-state index contributed by atoms with van der Waals surface area (Å²) in [6.45, 7) is 4.36. The zero-order valence-corrected chi connectivity index (χ0v) is 14.8. The first-order valence-corrected chi connectivity index (χ1v) is 8.21. The van der Waals surface area contributed by atoms with Gasteiger partial charge in [0.1, 0.15) is 0 Å². The van der Waals surface area contributed by atoms with E-state index in [1.807, 2.05) is 20.9 Å². The molecular weight excluding hydrogens is 324 g/mol. The van der Waals surface area contributed by atoms with E-state index in [1.165, 1.54) is 6.08 Å². The van der Waals surface area contributed by atoms with Gasteiger partial charge in [0.05, 0.1) is 5.69 Å². The molecule has 0 aliphatic carbocycles. The number of rotatable bonds is 5. The van der Waals surface area contributed by atoms with Gasteiger partial charge in [0.15, 0.2) is 6.61 Å². The second-order valence-corrected chi connectivity index (χ2v) is 6.21. The highest BCUT2D eigenvalue weighted by Crippen LogP contribution is 2.17. The maximum absolute atomic E-state index is 12.1. The van der Waals surface area contributed by atoms with Gasteiger partial charge in [-0.2, -0.15) is 5.10 Å². The van der Waals surface area contributed by atoms with Crippen molar-refractivity contribution in [3.8, 4) is 0 Å². The van der Waals surface area contributed by atoms with Crippen molar-refractivity contribution in [2.75, 3.05) is 19.7 Å². The van der Waals surface area contributed by atoms with E-state index >= 15 is 0 Å². The summed E-state index contributed by atoms with van der Waals surface area (Å²) in [5.74, 6) is -1.36. The fourth-order valence-corrected chi connectivity index (χ4v) is 2.87. The molecule has 1 aromatic heterocycles. The molecule has 1 fully saturated rings. The molecule has 2 heterocycles. The predicted molar refractivity (Wildman–Crippen MR) is 91.2 cm³/mol. The number of esters is 1. The summed E-state index contributed by atoms with van der Waals surface area (Å²) in [6, 6.07) is 0. The molecule has 2 N–H and O–H groups in total. The zero-order chi connectivity index (χ0) is 18.6. The Labute approximate surface area is 146 Å². The number of aromatic nitrogens is 2. The van der Waals surface area contributed by atoms with Crippen LogP contribution in [0.4, 0.5) is 0 Å². The summed E-state index contributed by atoms with van der Waals surface area (Å²) in [5, 5.41) is 4.26. The highest BCUT2D eigenvalue weighted by Gasteiger charge is 2.26. The molecule has 2 rings (SSSR count). The average Bonchev–Trinajstić information content (AvgIpc) is 2.83. The van der Waals surface area contributed by atoms with E-state index < -0.39 is 5.97 Å². The van der Waals surface area contributed by atoms with Crippen molar-refractivity contribution < 1.29 is 19.1 Å². The zero-order valence-electron chi connectivity index (χ0n) is 14.8. The predicted octanol–water partition coefficient (Wildman–Crippen LogP) is 0.317. The van der Waals surface area contributed by atoms with Gasteiger partial charge in [0.25, 0.3) is 5.91 Å². The van der Waals surface area contributed by atoms with Crippen molar-refractivity contribution in [2.24, 2.45) is 18.7 Å². The van der Waals surface area contributed by atoms with Crippen LogP contribution in [0.5, 0.6) is 0 Å². The molecule has 8 nitrogen and oxygen atoms in total. The number of amides is 2. The number of carbonyl (C=O) groups is 3. The molecule has 136 valence electrons. The van der Waals surface area contributed by atoms with Gasteiger partial charge in [-0.3, -0.25) is 14.3 Å². The van der Waals surface area contributed by atoms with Gasteiger partial charge >= 0.3 is 5.97 Å². The van der Waals surface area contributed by atoms with Crippen molar-refractivity contribution in [3.05, 3.63) is 23.0 Å². The van der Waals surface area contributed by atoms with Gasteiger partial charge in [-0.05, 0) is 32.8 Å². The summed E-state index contributed by atoms with van der Waals surface area (Å²) in [7, 11) is 1.83. The van der Waals surface area contributed by atoms with Crippen LogP contribution < -0.4 is 5.73 Å². The molecule has 0 unspecified atom stereocenters. The number of hydrogen-bond donors (Lipinski definition) is 1. The molecule has 2 amide bonds. The van der Waals surface area contributed by atoms with Crippen LogP contribution >= 0.6 is 0 Å². The molecule has 1 aliphatic heterocycles. The Morgan fingerprint density at radius 2 is 1.92 bits per heavy atom. The van der Waals surface area contributed by atoms with E-state index in [9.17, 15) is 14.4 Å². The van der Waals surface area contributed by atoms with Crippen LogP contribution in [0.15, 0.2) is 6.08 Å². The molecule has 0 atom stereocenters. The first-order chi connectivity index (χ1) is 11.8. The lowest BCUT2D eigenvalue weighted by atomic mass is 9.96. The van der Waals surface area contributed by atoms with Crippen molar-refractivity contribution in [1.29, 1.82) is 0 Å². The Morgan fingerprint density at radius 3 is 2.44 bits per heavy atom. The monoisotopic (exact) mass is 348 g/mol. The van der Waals surface area contributed by atoms with Crippen LogP contribution in [0.2, 0.25) is 0 Å². The Kier molecular flexibility index (Phi) is 5.95. The number of nitrogens with two attached hydrogens (primary N) is 1. The smallest absolute Gasteiger partial charge is 0.331 e. The number of piperidine rings is 1. The van der Waals surface area contributed by atoms with E-state index in [4.69, 9.17) is 10.5 Å². The molecule has 1 aliphatic rings. The molecule has 1 saturated heterocycles. The van der Waals surface area contributed by atoms with Crippen LogP contribution in [0.1, 0.15) is 29.8 Å². The molecule has 0 saturated carbocycles. The Balaban J connectivity index is 1.81. The molecular formula is C17H24N4O4. The van der Waals surface area contributed by atoms with Crippen LogP contribution in [0, 0.1) is 19.8 Å². The summed E-state index contributed by atoms with van der Waals surface area (Å²) in [5.41, 5.74) is 7.88. The van der Waals surface area contributed by atoms with E-state index in [1.54, 1.807) is 15.7 Å². The third-order valence-corrected chi connectivity index (χ3v) is 4.54. The molecule has 1 aromatic rings. The maximum atomic E-state index is 12.1. The lowest BCUT2D eigenvalue weighted by molar-refractivity contribution is -0.149. The Hall–Kier alpha value is -2.64. The first-order valence-electron chi connectivity index (χ1n) is 8.21. The highest BCUT2D eigenvalue weighted by molar-refractivity contribution is 5.89. The third-order valence-electron chi connectivity index (χ3n) is 4.54. The quantitative estimate of drug-likeness (QED) is 0.609.